The highest BCUT2D eigenvalue weighted by molar-refractivity contribution is 5.93. The molecule has 7 heteroatoms. The number of hydrogen-bond acceptors (Lipinski definition) is 6. The molecule has 0 fully saturated rings. The summed E-state index contributed by atoms with van der Waals surface area (Å²) in [6.07, 6.45) is 0. The second-order valence-corrected chi connectivity index (χ2v) is 5.61. The summed E-state index contributed by atoms with van der Waals surface area (Å²) in [6.45, 7) is 1.82. The molecular weight excluding hydrogens is 306 g/mol. The lowest BCUT2D eigenvalue weighted by Gasteiger charge is -2.27. The number of carbonyl (C=O) groups excluding carboxylic acids is 1. The van der Waals surface area contributed by atoms with Crippen molar-refractivity contribution in [2.24, 2.45) is 0 Å². The molecule has 4 rings (SSSR count). The molecule has 1 aliphatic heterocycles. The topological polar surface area (TPSA) is 81.9 Å². The lowest BCUT2D eigenvalue weighted by molar-refractivity contribution is -0.136. The van der Waals surface area contributed by atoms with Crippen molar-refractivity contribution < 1.29 is 9.53 Å². The Bertz CT molecular complexity index is 976. The smallest absolute Gasteiger partial charge is 0.338 e. The summed E-state index contributed by atoms with van der Waals surface area (Å²) < 4.78 is 6.57. The minimum absolute atomic E-state index is 0.403. The zero-order valence-corrected chi connectivity index (χ0v) is 13.2. The second kappa shape index (κ2) is 5.45. The third-order valence-corrected chi connectivity index (χ3v) is 4.21. The van der Waals surface area contributed by atoms with Crippen molar-refractivity contribution in [1.29, 1.82) is 0 Å². The number of allylic oxidation sites excluding steroid dienone is 1. The van der Waals surface area contributed by atoms with Crippen molar-refractivity contribution >= 4 is 22.7 Å². The van der Waals surface area contributed by atoms with Crippen molar-refractivity contribution in [1.82, 2.24) is 20.2 Å². The Balaban J connectivity index is 1.93. The molecule has 24 heavy (non-hydrogen) atoms. The zero-order chi connectivity index (χ0) is 16.7. The quantitative estimate of drug-likeness (QED) is 0.729. The number of ether oxygens (including phenoxy) is 1. The molecule has 0 aliphatic carbocycles. The summed E-state index contributed by atoms with van der Waals surface area (Å²) in [4.78, 5) is 12.4. The lowest BCUT2D eigenvalue weighted by Crippen LogP contribution is -2.29. The van der Waals surface area contributed by atoms with Gasteiger partial charge in [-0.2, -0.15) is 4.68 Å². The van der Waals surface area contributed by atoms with Crippen LogP contribution >= 0.6 is 0 Å². The molecule has 2 heterocycles. The first-order valence-electron chi connectivity index (χ1n) is 7.51. The Kier molecular flexibility index (Phi) is 3.26. The number of carbonyl (C=O) groups is 1. The van der Waals surface area contributed by atoms with Crippen LogP contribution in [-0.4, -0.2) is 33.3 Å². The highest BCUT2D eigenvalue weighted by Gasteiger charge is 2.34. The standard InChI is InChI=1S/C17H15N5O2/c1-10-14(16(23)24-2)15(22-17(18-10)19-20-21-22)13-8-7-11-5-3-4-6-12(11)9-13/h3-9,15H,1-2H3,(H,18,19,21)/t15-/m1/s1. The first-order chi connectivity index (χ1) is 11.7. The van der Waals surface area contributed by atoms with Crippen LogP contribution in [0.2, 0.25) is 0 Å². The third kappa shape index (κ3) is 2.13. The van der Waals surface area contributed by atoms with E-state index in [1.54, 1.807) is 4.68 Å². The lowest BCUT2D eigenvalue weighted by atomic mass is 9.94. The number of nitrogens with one attached hydrogen (secondary N) is 1. The molecule has 120 valence electrons. The van der Waals surface area contributed by atoms with Gasteiger partial charge in [0.25, 0.3) is 0 Å². The predicted molar refractivity (Wildman–Crippen MR) is 88.2 cm³/mol. The molecule has 2 aromatic carbocycles. The zero-order valence-electron chi connectivity index (χ0n) is 13.2. The van der Waals surface area contributed by atoms with Gasteiger partial charge in [0.05, 0.1) is 12.7 Å². The molecule has 0 spiro atoms. The molecule has 0 saturated heterocycles. The summed E-state index contributed by atoms with van der Waals surface area (Å²) >= 11 is 0. The number of tetrazole rings is 1. The van der Waals surface area contributed by atoms with Crippen LogP contribution in [0.4, 0.5) is 5.95 Å². The van der Waals surface area contributed by atoms with E-state index in [1.165, 1.54) is 7.11 Å². The van der Waals surface area contributed by atoms with E-state index >= 15 is 0 Å². The van der Waals surface area contributed by atoms with Gasteiger partial charge in [0.2, 0.25) is 5.95 Å². The van der Waals surface area contributed by atoms with Crippen LogP contribution in [0, 0.1) is 0 Å². The Hall–Kier alpha value is -3.22. The first kappa shape index (κ1) is 14.4. The van der Waals surface area contributed by atoms with Crippen LogP contribution < -0.4 is 5.32 Å². The van der Waals surface area contributed by atoms with Gasteiger partial charge in [0.15, 0.2) is 0 Å². The average Bonchev–Trinajstić information content (AvgIpc) is 3.07. The van der Waals surface area contributed by atoms with Gasteiger partial charge in [-0.15, -0.1) is 0 Å². The van der Waals surface area contributed by atoms with E-state index in [0.29, 0.717) is 17.2 Å². The number of methoxy groups -OCH3 is 1. The van der Waals surface area contributed by atoms with Gasteiger partial charge in [0.1, 0.15) is 6.04 Å². The number of fused-ring (bicyclic) bond motifs is 2. The summed E-state index contributed by atoms with van der Waals surface area (Å²) in [5.74, 6) is 0.0950. The fraction of sp³-hybridized carbons (Fsp3) is 0.176. The van der Waals surface area contributed by atoms with E-state index in [1.807, 2.05) is 49.4 Å². The minimum Gasteiger partial charge on any atom is -0.466 e. The Morgan fingerprint density at radius 3 is 2.79 bits per heavy atom. The molecule has 0 amide bonds. The molecule has 1 aliphatic rings. The van der Waals surface area contributed by atoms with Gasteiger partial charge < -0.3 is 10.1 Å². The number of esters is 1. The number of aromatic nitrogens is 4. The van der Waals surface area contributed by atoms with Gasteiger partial charge >= 0.3 is 5.97 Å². The highest BCUT2D eigenvalue weighted by Crippen LogP contribution is 2.35. The highest BCUT2D eigenvalue weighted by atomic mass is 16.5. The molecule has 0 radical (unpaired) electrons. The summed E-state index contributed by atoms with van der Waals surface area (Å²) in [7, 11) is 1.37. The van der Waals surface area contributed by atoms with E-state index < -0.39 is 12.0 Å². The van der Waals surface area contributed by atoms with Crippen molar-refractivity contribution in [3.8, 4) is 0 Å². The van der Waals surface area contributed by atoms with Crippen LogP contribution in [0.5, 0.6) is 0 Å². The number of anilines is 1. The Morgan fingerprint density at radius 2 is 2.00 bits per heavy atom. The summed E-state index contributed by atoms with van der Waals surface area (Å²) in [5.41, 5.74) is 2.10. The molecule has 1 N–H and O–H groups in total. The Morgan fingerprint density at radius 1 is 1.21 bits per heavy atom. The Labute approximate surface area is 137 Å². The maximum atomic E-state index is 12.4. The van der Waals surface area contributed by atoms with Gasteiger partial charge in [-0.25, -0.2) is 4.79 Å². The molecule has 7 nitrogen and oxygen atoms in total. The number of nitrogens with zero attached hydrogens (tertiary/aromatic N) is 4. The van der Waals surface area contributed by atoms with E-state index in [9.17, 15) is 4.79 Å². The van der Waals surface area contributed by atoms with Crippen LogP contribution in [0.15, 0.2) is 53.7 Å². The van der Waals surface area contributed by atoms with Crippen molar-refractivity contribution in [3.63, 3.8) is 0 Å². The second-order valence-electron chi connectivity index (χ2n) is 5.61. The molecule has 0 unspecified atom stereocenters. The van der Waals surface area contributed by atoms with Crippen molar-refractivity contribution in [2.75, 3.05) is 12.4 Å². The van der Waals surface area contributed by atoms with Gasteiger partial charge in [-0.3, -0.25) is 0 Å². The average molecular weight is 321 g/mol. The minimum atomic E-state index is -0.437. The number of rotatable bonds is 2. The van der Waals surface area contributed by atoms with Gasteiger partial charge in [0, 0.05) is 5.70 Å². The van der Waals surface area contributed by atoms with Crippen molar-refractivity contribution in [2.45, 2.75) is 13.0 Å². The molecule has 1 aromatic heterocycles. The molecule has 3 aromatic rings. The normalized spacial score (nSPS) is 16.7. The fourth-order valence-electron chi connectivity index (χ4n) is 3.07. The van der Waals surface area contributed by atoms with E-state index in [0.717, 1.165) is 16.3 Å². The monoisotopic (exact) mass is 321 g/mol. The summed E-state index contributed by atoms with van der Waals surface area (Å²) in [5, 5.41) is 17.0. The third-order valence-electron chi connectivity index (χ3n) is 4.21. The summed E-state index contributed by atoms with van der Waals surface area (Å²) in [6, 6.07) is 13.7. The molecule has 0 bridgehead atoms. The molecular formula is C17H15N5O2. The number of hydrogen-bond donors (Lipinski definition) is 1. The maximum absolute atomic E-state index is 12.4. The number of benzene rings is 2. The fourth-order valence-corrected chi connectivity index (χ4v) is 3.07. The van der Waals surface area contributed by atoms with Crippen LogP contribution in [-0.2, 0) is 9.53 Å². The van der Waals surface area contributed by atoms with E-state index in [-0.39, 0.29) is 0 Å². The van der Waals surface area contributed by atoms with Crippen LogP contribution in [0.25, 0.3) is 10.8 Å². The van der Waals surface area contributed by atoms with E-state index in [2.05, 4.69) is 20.8 Å². The van der Waals surface area contributed by atoms with Gasteiger partial charge in [-0.1, -0.05) is 41.5 Å². The maximum Gasteiger partial charge on any atom is 0.338 e. The van der Waals surface area contributed by atoms with Crippen LogP contribution in [0.3, 0.4) is 0 Å². The largest absolute Gasteiger partial charge is 0.466 e. The van der Waals surface area contributed by atoms with Gasteiger partial charge in [-0.05, 0) is 39.8 Å². The molecule has 1 atom stereocenters. The molecule has 0 saturated carbocycles. The SMILES string of the molecule is COC(=O)C1=C(C)Nc2nnnn2[C@@H]1c1ccc2ccccc2c1. The van der Waals surface area contributed by atoms with Crippen molar-refractivity contribution in [3.05, 3.63) is 59.3 Å². The predicted octanol–water partition coefficient (Wildman–Crippen LogP) is 2.29. The van der Waals surface area contributed by atoms with Crippen LogP contribution in [0.1, 0.15) is 18.5 Å². The first-order valence-corrected chi connectivity index (χ1v) is 7.51. The van der Waals surface area contributed by atoms with E-state index in [4.69, 9.17) is 4.74 Å².